The first-order chi connectivity index (χ1) is 13.3. The van der Waals surface area contributed by atoms with Crippen LogP contribution in [-0.4, -0.2) is 26.4 Å². The third kappa shape index (κ3) is 5.47. The van der Waals surface area contributed by atoms with Crippen molar-refractivity contribution in [1.82, 2.24) is 4.72 Å². The highest BCUT2D eigenvalue weighted by Gasteiger charge is 2.29. The fraction of sp³-hybridized carbons (Fsp3) is 0.350. The van der Waals surface area contributed by atoms with Crippen LogP contribution >= 0.6 is 11.6 Å². The van der Waals surface area contributed by atoms with Crippen molar-refractivity contribution in [3.8, 4) is 0 Å². The zero-order valence-corrected chi connectivity index (χ0v) is 17.2. The molecule has 1 amide bonds. The summed E-state index contributed by atoms with van der Waals surface area (Å²) in [6.45, 7) is 1.46. The van der Waals surface area contributed by atoms with Gasteiger partial charge in [0.15, 0.2) is 0 Å². The van der Waals surface area contributed by atoms with Gasteiger partial charge in [-0.3, -0.25) is 4.79 Å². The minimum absolute atomic E-state index is 0.0116. The molecule has 0 radical (unpaired) electrons. The number of carbonyl (C=O) groups excluding carboxylic acids is 1. The topological polar surface area (TPSA) is 87.3 Å². The van der Waals surface area contributed by atoms with Crippen molar-refractivity contribution in [2.45, 2.75) is 49.6 Å². The quantitative estimate of drug-likeness (QED) is 0.657. The Balaban J connectivity index is 1.70. The van der Waals surface area contributed by atoms with E-state index in [0.717, 1.165) is 37.1 Å². The summed E-state index contributed by atoms with van der Waals surface area (Å²) in [4.78, 5) is 11.3. The Morgan fingerprint density at radius 2 is 1.50 bits per heavy atom. The van der Waals surface area contributed by atoms with Crippen LogP contribution in [0.15, 0.2) is 53.4 Å². The molecule has 1 aliphatic rings. The molecule has 0 unspecified atom stereocenters. The van der Waals surface area contributed by atoms with Gasteiger partial charge < -0.3 is 10.6 Å². The lowest BCUT2D eigenvalue weighted by Gasteiger charge is -2.33. The highest BCUT2D eigenvalue weighted by atomic mass is 35.5. The van der Waals surface area contributed by atoms with Crippen LogP contribution < -0.4 is 15.4 Å². The molecule has 1 fully saturated rings. The molecule has 3 rings (SSSR count). The molecule has 28 heavy (non-hydrogen) atoms. The van der Waals surface area contributed by atoms with E-state index >= 15 is 0 Å². The van der Waals surface area contributed by atoms with Crippen LogP contribution in [0.25, 0.3) is 0 Å². The van der Waals surface area contributed by atoms with Gasteiger partial charge in [-0.1, -0.05) is 24.4 Å². The summed E-state index contributed by atoms with van der Waals surface area (Å²) in [5, 5.41) is 6.66. The molecule has 3 N–H and O–H groups in total. The van der Waals surface area contributed by atoms with Gasteiger partial charge in [0.25, 0.3) is 0 Å². The lowest BCUT2D eigenvalue weighted by molar-refractivity contribution is -0.114. The minimum atomic E-state index is -3.62. The van der Waals surface area contributed by atoms with Crippen LogP contribution in [0.5, 0.6) is 0 Å². The molecule has 0 aromatic heterocycles. The van der Waals surface area contributed by atoms with Gasteiger partial charge >= 0.3 is 0 Å². The number of benzene rings is 2. The second kappa shape index (κ2) is 8.94. The molecule has 6 nitrogen and oxygen atoms in total. The Bertz CT molecular complexity index is 915. The van der Waals surface area contributed by atoms with Gasteiger partial charge in [-0.2, -0.15) is 0 Å². The summed E-state index contributed by atoms with van der Waals surface area (Å²) in [6.07, 6.45) is 3.67. The summed E-state index contributed by atoms with van der Waals surface area (Å²) >= 11 is 5.86. The fourth-order valence-electron chi connectivity index (χ4n) is 3.39. The molecule has 0 heterocycles. The van der Waals surface area contributed by atoms with Gasteiger partial charge in [0.1, 0.15) is 0 Å². The summed E-state index contributed by atoms with van der Waals surface area (Å²) < 4.78 is 28.3. The van der Waals surface area contributed by atoms with Crippen molar-refractivity contribution in [2.24, 2.45) is 0 Å². The predicted octanol–water partition coefficient (Wildman–Crippen LogP) is 4.00. The molecule has 2 aromatic rings. The van der Waals surface area contributed by atoms with Gasteiger partial charge in [-0.25, -0.2) is 13.1 Å². The number of halogens is 1. The van der Waals surface area contributed by atoms with E-state index in [0.29, 0.717) is 5.02 Å². The van der Waals surface area contributed by atoms with Gasteiger partial charge in [-0.05, 0) is 61.4 Å². The average molecular weight is 422 g/mol. The number of nitrogens with one attached hydrogen (secondary N) is 3. The van der Waals surface area contributed by atoms with Gasteiger partial charge in [0, 0.05) is 35.4 Å². The van der Waals surface area contributed by atoms with E-state index in [9.17, 15) is 13.2 Å². The van der Waals surface area contributed by atoms with E-state index in [2.05, 4.69) is 15.4 Å². The van der Waals surface area contributed by atoms with Crippen molar-refractivity contribution < 1.29 is 13.2 Å². The van der Waals surface area contributed by atoms with Crippen LogP contribution in [0.2, 0.25) is 5.02 Å². The predicted molar refractivity (Wildman–Crippen MR) is 112 cm³/mol. The molecule has 0 saturated heterocycles. The van der Waals surface area contributed by atoms with Gasteiger partial charge in [-0.15, -0.1) is 0 Å². The first-order valence-electron chi connectivity index (χ1n) is 9.25. The molecule has 2 atom stereocenters. The van der Waals surface area contributed by atoms with Crippen LogP contribution in [0.3, 0.4) is 0 Å². The van der Waals surface area contributed by atoms with Crippen LogP contribution in [0.4, 0.5) is 11.4 Å². The SMILES string of the molecule is CC(=O)Nc1ccc(N[C@H]2CCCC[C@@H]2NS(=O)(=O)c2ccc(Cl)cc2)cc1. The Hall–Kier alpha value is -2.09. The summed E-state index contributed by atoms with van der Waals surface area (Å²) in [5.41, 5.74) is 1.61. The smallest absolute Gasteiger partial charge is 0.240 e. The number of sulfonamides is 1. The average Bonchev–Trinajstić information content (AvgIpc) is 2.65. The zero-order chi connectivity index (χ0) is 20.1. The maximum absolute atomic E-state index is 12.7. The number of carbonyl (C=O) groups is 1. The van der Waals surface area contributed by atoms with Crippen molar-refractivity contribution in [3.63, 3.8) is 0 Å². The number of rotatable bonds is 6. The first-order valence-corrected chi connectivity index (χ1v) is 11.1. The van der Waals surface area contributed by atoms with Crippen LogP contribution in [-0.2, 0) is 14.8 Å². The minimum Gasteiger partial charge on any atom is -0.381 e. The molecule has 8 heteroatoms. The first kappa shape index (κ1) is 20.6. The van der Waals surface area contributed by atoms with Crippen LogP contribution in [0.1, 0.15) is 32.6 Å². The lowest BCUT2D eigenvalue weighted by atomic mass is 9.91. The molecule has 0 spiro atoms. The van der Waals surface area contributed by atoms with Crippen molar-refractivity contribution in [2.75, 3.05) is 10.6 Å². The molecule has 2 aromatic carbocycles. The maximum atomic E-state index is 12.7. The largest absolute Gasteiger partial charge is 0.381 e. The third-order valence-corrected chi connectivity index (χ3v) is 6.51. The highest BCUT2D eigenvalue weighted by Crippen LogP contribution is 2.25. The van der Waals surface area contributed by atoms with Crippen LogP contribution in [0, 0.1) is 0 Å². The third-order valence-electron chi connectivity index (χ3n) is 4.75. The number of hydrogen-bond acceptors (Lipinski definition) is 4. The number of amides is 1. The highest BCUT2D eigenvalue weighted by molar-refractivity contribution is 7.89. The van der Waals surface area contributed by atoms with E-state index in [1.165, 1.54) is 19.1 Å². The summed E-state index contributed by atoms with van der Waals surface area (Å²) in [6, 6.07) is 13.3. The van der Waals surface area contributed by atoms with E-state index in [4.69, 9.17) is 11.6 Å². The normalized spacial score (nSPS) is 19.8. The van der Waals surface area contributed by atoms with E-state index in [1.807, 2.05) is 24.3 Å². The number of anilines is 2. The number of hydrogen-bond donors (Lipinski definition) is 3. The Morgan fingerprint density at radius 1 is 0.929 bits per heavy atom. The Labute approximate surface area is 170 Å². The fourth-order valence-corrected chi connectivity index (χ4v) is 4.83. The summed E-state index contributed by atoms with van der Waals surface area (Å²) in [7, 11) is -3.62. The van der Waals surface area contributed by atoms with E-state index < -0.39 is 10.0 Å². The van der Waals surface area contributed by atoms with Gasteiger partial charge in [0.2, 0.25) is 15.9 Å². The molecule has 0 bridgehead atoms. The lowest BCUT2D eigenvalue weighted by Crippen LogP contribution is -2.48. The zero-order valence-electron chi connectivity index (χ0n) is 15.6. The monoisotopic (exact) mass is 421 g/mol. The van der Waals surface area contributed by atoms with Crippen molar-refractivity contribution >= 4 is 38.9 Å². The van der Waals surface area contributed by atoms with Crippen molar-refractivity contribution in [1.29, 1.82) is 0 Å². The second-order valence-electron chi connectivity index (χ2n) is 6.98. The molecule has 0 aliphatic heterocycles. The molecule has 1 aliphatic carbocycles. The molecular weight excluding hydrogens is 398 g/mol. The summed E-state index contributed by atoms with van der Waals surface area (Å²) in [5.74, 6) is -0.121. The molecular formula is C20H24ClN3O3S. The van der Waals surface area contributed by atoms with Crippen molar-refractivity contribution in [3.05, 3.63) is 53.6 Å². The van der Waals surface area contributed by atoms with E-state index in [-0.39, 0.29) is 22.9 Å². The van der Waals surface area contributed by atoms with E-state index in [1.54, 1.807) is 12.1 Å². The maximum Gasteiger partial charge on any atom is 0.240 e. The second-order valence-corrected chi connectivity index (χ2v) is 9.13. The Kier molecular flexibility index (Phi) is 6.59. The van der Waals surface area contributed by atoms with Gasteiger partial charge in [0.05, 0.1) is 4.90 Å². The molecule has 1 saturated carbocycles. The molecule has 150 valence electrons. The Morgan fingerprint density at radius 3 is 2.11 bits per heavy atom. The standard InChI is InChI=1S/C20H24ClN3O3S/c1-14(25)22-16-8-10-17(11-9-16)23-19-4-2-3-5-20(19)24-28(26,27)18-12-6-15(21)7-13-18/h6-13,19-20,23-24H,2-5H2,1H3,(H,22,25)/t19-,20-/m0/s1.